The van der Waals surface area contributed by atoms with E-state index in [4.69, 9.17) is 23.2 Å². The highest BCUT2D eigenvalue weighted by molar-refractivity contribution is 8.14. The number of hydrogen-bond donors (Lipinski definition) is 1. The summed E-state index contributed by atoms with van der Waals surface area (Å²) in [5.74, 6) is 0.00406. The van der Waals surface area contributed by atoms with Crippen LogP contribution < -0.4 is 10.2 Å². The number of fused-ring (bicyclic) bond motifs is 1. The number of anilines is 2. The molecule has 0 spiro atoms. The van der Waals surface area contributed by atoms with Crippen molar-refractivity contribution >= 4 is 67.3 Å². The van der Waals surface area contributed by atoms with Crippen LogP contribution in [0.25, 0.3) is 0 Å². The van der Waals surface area contributed by atoms with Gasteiger partial charge in [0.05, 0.1) is 29.3 Å². The van der Waals surface area contributed by atoms with Gasteiger partial charge in [-0.2, -0.15) is 0 Å². The third kappa shape index (κ3) is 5.03. The van der Waals surface area contributed by atoms with Gasteiger partial charge in [0.25, 0.3) is 0 Å². The van der Waals surface area contributed by atoms with Gasteiger partial charge in [-0.1, -0.05) is 60.1 Å². The Morgan fingerprint density at radius 2 is 1.90 bits per heavy atom. The van der Waals surface area contributed by atoms with Crippen molar-refractivity contribution in [1.82, 2.24) is 0 Å². The number of amidine groups is 1. The zero-order valence-electron chi connectivity index (χ0n) is 16.7. The van der Waals surface area contributed by atoms with Gasteiger partial charge in [-0.25, -0.2) is 8.42 Å². The van der Waals surface area contributed by atoms with Gasteiger partial charge in [0, 0.05) is 21.4 Å². The van der Waals surface area contributed by atoms with Gasteiger partial charge < -0.3 is 10.2 Å². The predicted molar refractivity (Wildman–Crippen MR) is 130 cm³/mol. The molecule has 2 aliphatic heterocycles. The molecule has 0 radical (unpaired) electrons. The molecule has 0 saturated carbocycles. The number of nitrogens with one attached hydrogen (secondary N) is 1. The molecule has 164 valence electrons. The molecule has 31 heavy (non-hydrogen) atoms. The van der Waals surface area contributed by atoms with E-state index in [-0.39, 0.29) is 35.2 Å². The van der Waals surface area contributed by atoms with Crippen molar-refractivity contribution in [3.63, 3.8) is 0 Å². The average Bonchev–Trinajstić information content (AvgIpc) is 3.17. The number of aryl methyl sites for hydroxylation is 1. The maximum atomic E-state index is 12.6. The minimum atomic E-state index is -3.17. The van der Waals surface area contributed by atoms with Crippen molar-refractivity contribution < 1.29 is 13.2 Å². The molecule has 2 heterocycles. The van der Waals surface area contributed by atoms with E-state index in [1.54, 1.807) is 18.2 Å². The predicted octanol–water partition coefficient (Wildman–Crippen LogP) is 4.27. The van der Waals surface area contributed by atoms with Gasteiger partial charge in [-0.05, 0) is 36.2 Å². The fraction of sp³-hybridized carbons (Fsp3) is 0.333. The number of carbonyl (C=O) groups excluding carboxylic acids is 1. The van der Waals surface area contributed by atoms with Crippen LogP contribution in [0.2, 0.25) is 10.0 Å². The Morgan fingerprint density at radius 1 is 1.19 bits per heavy atom. The number of thioether (sulfide) groups is 1. The second-order valence-electron chi connectivity index (χ2n) is 7.47. The van der Waals surface area contributed by atoms with E-state index in [2.05, 4.69) is 10.3 Å². The Bertz CT molecular complexity index is 1130. The van der Waals surface area contributed by atoms with Crippen molar-refractivity contribution in [2.45, 2.75) is 25.4 Å². The number of sulfone groups is 1. The lowest BCUT2D eigenvalue weighted by Crippen LogP contribution is -2.39. The first-order valence-electron chi connectivity index (χ1n) is 9.80. The van der Waals surface area contributed by atoms with E-state index < -0.39 is 9.84 Å². The minimum Gasteiger partial charge on any atom is -0.325 e. The summed E-state index contributed by atoms with van der Waals surface area (Å²) in [6, 6.07) is 12.1. The smallest absolute Gasteiger partial charge is 0.234 e. The summed E-state index contributed by atoms with van der Waals surface area (Å²) < 4.78 is 24.3. The molecule has 10 heteroatoms. The zero-order valence-corrected chi connectivity index (χ0v) is 19.9. The van der Waals surface area contributed by atoms with Gasteiger partial charge in [-0.15, -0.1) is 0 Å². The van der Waals surface area contributed by atoms with Crippen LogP contribution in [-0.4, -0.2) is 48.8 Å². The lowest BCUT2D eigenvalue weighted by atomic mass is 10.1. The van der Waals surface area contributed by atoms with Gasteiger partial charge >= 0.3 is 0 Å². The van der Waals surface area contributed by atoms with Gasteiger partial charge in [-0.3, -0.25) is 9.79 Å². The van der Waals surface area contributed by atoms with E-state index >= 15 is 0 Å². The highest BCUT2D eigenvalue weighted by Crippen LogP contribution is 2.37. The van der Waals surface area contributed by atoms with Crippen LogP contribution in [0.4, 0.5) is 11.4 Å². The third-order valence-electron chi connectivity index (χ3n) is 5.24. The average molecular weight is 498 g/mol. The second kappa shape index (κ2) is 9.02. The second-order valence-corrected chi connectivity index (χ2v) is 11.4. The lowest BCUT2D eigenvalue weighted by molar-refractivity contribution is -0.113. The largest absolute Gasteiger partial charge is 0.325 e. The van der Waals surface area contributed by atoms with Crippen molar-refractivity contribution in [3.05, 3.63) is 58.1 Å². The first-order valence-corrected chi connectivity index (χ1v) is 13.4. The molecule has 2 aromatic carbocycles. The molecule has 0 bridgehead atoms. The number of nitrogens with zero attached hydrogens (tertiary/aromatic N) is 2. The summed E-state index contributed by atoms with van der Waals surface area (Å²) in [4.78, 5) is 19.1. The summed E-state index contributed by atoms with van der Waals surface area (Å²) in [6.45, 7) is 2.04. The fourth-order valence-corrected chi connectivity index (χ4v) is 7.16. The summed E-state index contributed by atoms with van der Waals surface area (Å²) in [7, 11) is -3.17. The number of hydrogen-bond acceptors (Lipinski definition) is 6. The number of benzene rings is 2. The Balaban J connectivity index is 1.53. The molecule has 6 nitrogen and oxygen atoms in total. The third-order valence-corrected chi connectivity index (χ3v) is 8.34. The van der Waals surface area contributed by atoms with Crippen LogP contribution in [0.5, 0.6) is 0 Å². The number of aliphatic imine (C=N–C) groups is 1. The van der Waals surface area contributed by atoms with Gasteiger partial charge in [0.1, 0.15) is 0 Å². The Labute approximate surface area is 195 Å². The summed E-state index contributed by atoms with van der Waals surface area (Å²) in [6.07, 6.45) is 0.817. The van der Waals surface area contributed by atoms with Gasteiger partial charge in [0.15, 0.2) is 15.0 Å². The van der Waals surface area contributed by atoms with Crippen LogP contribution in [0.3, 0.4) is 0 Å². The van der Waals surface area contributed by atoms with Crippen molar-refractivity contribution in [2.24, 2.45) is 4.99 Å². The maximum Gasteiger partial charge on any atom is 0.234 e. The van der Waals surface area contributed by atoms with Crippen LogP contribution in [0.1, 0.15) is 12.5 Å². The molecule has 1 fully saturated rings. The van der Waals surface area contributed by atoms with Crippen molar-refractivity contribution in [2.75, 3.05) is 27.5 Å². The van der Waals surface area contributed by atoms with Crippen molar-refractivity contribution in [1.29, 1.82) is 0 Å². The Morgan fingerprint density at radius 3 is 2.61 bits per heavy atom. The Kier molecular flexibility index (Phi) is 6.53. The van der Waals surface area contributed by atoms with E-state index in [0.29, 0.717) is 20.9 Å². The number of amides is 1. The maximum absolute atomic E-state index is 12.6. The van der Waals surface area contributed by atoms with Crippen LogP contribution in [-0.2, 0) is 21.1 Å². The molecular formula is C21H21Cl2N3O3S2. The van der Waals surface area contributed by atoms with E-state index in [9.17, 15) is 13.2 Å². The van der Waals surface area contributed by atoms with Crippen LogP contribution in [0.15, 0.2) is 47.5 Å². The summed E-state index contributed by atoms with van der Waals surface area (Å²) >= 11 is 13.6. The molecule has 1 amide bonds. The summed E-state index contributed by atoms with van der Waals surface area (Å²) in [5, 5.41) is 4.45. The number of rotatable bonds is 5. The fourth-order valence-electron chi connectivity index (χ4n) is 3.88. The standard InChI is InChI=1S/C21H21Cl2N3O3S2/c1-2-13-5-3-4-6-17(13)24-20(27)10-30-21-25-18-11-31(28,29)12-19(18)26(21)16-8-14(22)7-15(23)9-16/h3-9,18-19H,2,10-12H2,1H3,(H,24,27). The highest BCUT2D eigenvalue weighted by atomic mass is 35.5. The number of para-hydroxylation sites is 1. The lowest BCUT2D eigenvalue weighted by Gasteiger charge is -2.26. The SMILES string of the molecule is CCc1ccccc1NC(=O)CSC1=NC2CS(=O)(=O)CC2N1c1cc(Cl)cc(Cl)c1. The molecule has 1 N–H and O–H groups in total. The topological polar surface area (TPSA) is 78.8 Å². The van der Waals surface area contributed by atoms with Crippen LogP contribution >= 0.6 is 35.0 Å². The molecule has 4 rings (SSSR count). The van der Waals surface area contributed by atoms with Crippen LogP contribution in [0, 0.1) is 0 Å². The van der Waals surface area contributed by atoms with Gasteiger partial charge in [0.2, 0.25) is 5.91 Å². The Hall–Kier alpha value is -1.74. The molecule has 2 aromatic rings. The quantitative estimate of drug-likeness (QED) is 0.666. The normalized spacial score (nSPS) is 21.6. The molecule has 0 aromatic heterocycles. The zero-order chi connectivity index (χ0) is 22.2. The number of carbonyl (C=O) groups is 1. The van der Waals surface area contributed by atoms with E-state index in [0.717, 1.165) is 17.7 Å². The molecule has 2 aliphatic rings. The molecule has 2 unspecified atom stereocenters. The molecule has 0 aliphatic carbocycles. The van der Waals surface area contributed by atoms with Crippen molar-refractivity contribution in [3.8, 4) is 0 Å². The highest BCUT2D eigenvalue weighted by Gasteiger charge is 2.47. The minimum absolute atomic E-state index is 0.00258. The summed E-state index contributed by atoms with van der Waals surface area (Å²) in [5.41, 5.74) is 2.53. The first-order chi connectivity index (χ1) is 14.8. The number of halogens is 2. The van der Waals surface area contributed by atoms with E-state index in [1.165, 1.54) is 11.8 Å². The first kappa shape index (κ1) is 22.5. The van der Waals surface area contributed by atoms with E-state index in [1.807, 2.05) is 36.1 Å². The monoisotopic (exact) mass is 497 g/mol. The molecule has 1 saturated heterocycles. The molecule has 2 atom stereocenters. The molecular weight excluding hydrogens is 477 g/mol.